The van der Waals surface area contributed by atoms with Crippen LogP contribution in [0.5, 0.6) is 0 Å². The maximum Gasteiger partial charge on any atom is 0.0655 e. The molecule has 0 bridgehead atoms. The van der Waals surface area contributed by atoms with Crippen molar-refractivity contribution in [3.63, 3.8) is 0 Å². The maximum absolute atomic E-state index is 4.52. The predicted octanol–water partition coefficient (Wildman–Crippen LogP) is 4.62. The number of hydrogen-bond acceptors (Lipinski definition) is 1. The van der Waals surface area contributed by atoms with Crippen molar-refractivity contribution in [3.05, 3.63) is 41.5 Å². The zero-order valence-corrected chi connectivity index (χ0v) is 10.5. The molecule has 0 N–H and O–H groups in total. The van der Waals surface area contributed by atoms with Crippen LogP contribution in [0, 0.1) is 6.92 Å². The van der Waals surface area contributed by atoms with Crippen molar-refractivity contribution in [2.24, 2.45) is 4.99 Å². The molecule has 86 valence electrons. The van der Waals surface area contributed by atoms with E-state index >= 15 is 0 Å². The first kappa shape index (κ1) is 12.7. The number of benzene rings is 1. The molecule has 0 spiro atoms. The van der Waals surface area contributed by atoms with Crippen LogP contribution in [-0.4, -0.2) is 6.21 Å². The molecule has 0 heterocycles. The van der Waals surface area contributed by atoms with Crippen molar-refractivity contribution in [3.8, 4) is 0 Å². The Hall–Kier alpha value is -1.37. The van der Waals surface area contributed by atoms with E-state index in [0.717, 1.165) is 12.1 Å². The van der Waals surface area contributed by atoms with Crippen molar-refractivity contribution in [2.45, 2.75) is 40.0 Å². The molecule has 1 heteroatoms. The summed E-state index contributed by atoms with van der Waals surface area (Å²) in [6.45, 7) is 6.33. The Bertz CT molecular complexity index is 358. The highest BCUT2D eigenvalue weighted by molar-refractivity contribution is 5.73. The van der Waals surface area contributed by atoms with Gasteiger partial charge in [0.15, 0.2) is 0 Å². The average molecular weight is 215 g/mol. The minimum Gasteiger partial charge on any atom is -0.261 e. The molecule has 1 nitrogen and oxygen atoms in total. The smallest absolute Gasteiger partial charge is 0.0655 e. The van der Waals surface area contributed by atoms with E-state index in [9.17, 15) is 0 Å². The number of aliphatic imine (C=N–C) groups is 1. The van der Waals surface area contributed by atoms with E-state index in [1.807, 2.05) is 13.1 Å². The molecule has 0 aliphatic carbocycles. The lowest BCUT2D eigenvalue weighted by atomic mass is 10.1. The highest BCUT2D eigenvalue weighted by Gasteiger charge is 1.96. The first-order chi connectivity index (χ1) is 7.77. The van der Waals surface area contributed by atoms with Gasteiger partial charge in [-0.3, -0.25) is 4.99 Å². The Kier molecular flexibility index (Phi) is 5.55. The summed E-state index contributed by atoms with van der Waals surface area (Å²) in [6.07, 6.45) is 7.60. The minimum absolute atomic E-state index is 1.07. The second-order valence-corrected chi connectivity index (χ2v) is 3.99. The normalized spacial score (nSPS) is 12.3. The van der Waals surface area contributed by atoms with Gasteiger partial charge in [-0.05, 0) is 32.3 Å². The number of allylic oxidation sites excluding steroid dienone is 1. The van der Waals surface area contributed by atoms with Crippen LogP contribution in [0.15, 0.2) is 35.3 Å². The van der Waals surface area contributed by atoms with Crippen molar-refractivity contribution in [2.75, 3.05) is 0 Å². The summed E-state index contributed by atoms with van der Waals surface area (Å²) in [4.78, 5) is 4.52. The molecule has 1 aromatic rings. The van der Waals surface area contributed by atoms with Gasteiger partial charge in [-0.15, -0.1) is 0 Å². The van der Waals surface area contributed by atoms with Crippen LogP contribution in [-0.2, 0) is 0 Å². The van der Waals surface area contributed by atoms with E-state index in [0.29, 0.717) is 0 Å². The van der Waals surface area contributed by atoms with E-state index in [1.54, 1.807) is 0 Å². The number of unbranched alkanes of at least 4 members (excludes halogenated alkanes) is 2. The SMILES string of the molecule is C/C=C(\N=CCCCC)c1ccc(C)cc1. The fraction of sp³-hybridized carbons (Fsp3) is 0.400. The Balaban J connectivity index is 2.68. The Labute approximate surface area is 98.9 Å². The van der Waals surface area contributed by atoms with Crippen LogP contribution < -0.4 is 0 Å². The van der Waals surface area contributed by atoms with Gasteiger partial charge in [0.05, 0.1) is 5.70 Å². The van der Waals surface area contributed by atoms with Gasteiger partial charge >= 0.3 is 0 Å². The van der Waals surface area contributed by atoms with Gasteiger partial charge in [0.2, 0.25) is 0 Å². The molecular formula is C15H21N. The van der Waals surface area contributed by atoms with Crippen LogP contribution in [0.3, 0.4) is 0 Å². The quantitative estimate of drug-likeness (QED) is 0.502. The fourth-order valence-electron chi connectivity index (χ4n) is 1.50. The first-order valence-corrected chi connectivity index (χ1v) is 6.03. The van der Waals surface area contributed by atoms with Gasteiger partial charge in [-0.1, -0.05) is 49.2 Å². The molecule has 0 amide bonds. The highest BCUT2D eigenvalue weighted by atomic mass is 14.7. The third-order valence-corrected chi connectivity index (χ3v) is 2.54. The number of nitrogens with zero attached hydrogens (tertiary/aromatic N) is 1. The van der Waals surface area contributed by atoms with E-state index in [4.69, 9.17) is 0 Å². The third kappa shape index (κ3) is 4.01. The van der Waals surface area contributed by atoms with Gasteiger partial charge < -0.3 is 0 Å². The molecule has 0 saturated heterocycles. The van der Waals surface area contributed by atoms with Gasteiger partial charge in [0.1, 0.15) is 0 Å². The van der Waals surface area contributed by atoms with Gasteiger partial charge in [0.25, 0.3) is 0 Å². The van der Waals surface area contributed by atoms with Crippen molar-refractivity contribution in [1.29, 1.82) is 0 Å². The molecular weight excluding hydrogens is 194 g/mol. The number of rotatable bonds is 5. The maximum atomic E-state index is 4.52. The van der Waals surface area contributed by atoms with Crippen molar-refractivity contribution < 1.29 is 0 Å². The Morgan fingerprint density at radius 1 is 1.25 bits per heavy atom. The van der Waals surface area contributed by atoms with Gasteiger partial charge in [-0.2, -0.15) is 0 Å². The van der Waals surface area contributed by atoms with E-state index in [1.165, 1.54) is 24.0 Å². The summed E-state index contributed by atoms with van der Waals surface area (Å²) < 4.78 is 0. The molecule has 0 aromatic heterocycles. The minimum atomic E-state index is 1.07. The lowest BCUT2D eigenvalue weighted by molar-refractivity contribution is 0.843. The largest absolute Gasteiger partial charge is 0.261 e. The molecule has 0 unspecified atom stereocenters. The Morgan fingerprint density at radius 2 is 1.94 bits per heavy atom. The molecule has 1 rings (SSSR count). The molecule has 0 radical (unpaired) electrons. The molecule has 1 aromatic carbocycles. The van der Waals surface area contributed by atoms with Gasteiger partial charge in [-0.25, -0.2) is 0 Å². The van der Waals surface area contributed by atoms with Crippen LogP contribution in [0.4, 0.5) is 0 Å². The van der Waals surface area contributed by atoms with E-state index < -0.39 is 0 Å². The second-order valence-electron chi connectivity index (χ2n) is 3.99. The highest BCUT2D eigenvalue weighted by Crippen LogP contribution is 2.16. The zero-order valence-electron chi connectivity index (χ0n) is 10.5. The van der Waals surface area contributed by atoms with Crippen LogP contribution in [0.25, 0.3) is 5.70 Å². The fourth-order valence-corrected chi connectivity index (χ4v) is 1.50. The predicted molar refractivity (Wildman–Crippen MR) is 72.8 cm³/mol. The van der Waals surface area contributed by atoms with Crippen LogP contribution in [0.2, 0.25) is 0 Å². The van der Waals surface area contributed by atoms with E-state index in [2.05, 4.69) is 49.2 Å². The second kappa shape index (κ2) is 7.00. The summed E-state index contributed by atoms with van der Waals surface area (Å²) in [6, 6.07) is 8.50. The van der Waals surface area contributed by atoms with Crippen molar-refractivity contribution >= 4 is 11.9 Å². The van der Waals surface area contributed by atoms with Gasteiger partial charge in [0, 0.05) is 6.21 Å². The molecule has 16 heavy (non-hydrogen) atoms. The Morgan fingerprint density at radius 3 is 2.50 bits per heavy atom. The lowest BCUT2D eigenvalue weighted by Gasteiger charge is -2.02. The summed E-state index contributed by atoms with van der Waals surface area (Å²) in [7, 11) is 0. The lowest BCUT2D eigenvalue weighted by Crippen LogP contribution is -1.83. The topological polar surface area (TPSA) is 12.4 Å². The zero-order chi connectivity index (χ0) is 11.8. The number of hydrogen-bond donors (Lipinski definition) is 0. The summed E-state index contributed by atoms with van der Waals surface area (Å²) in [5.74, 6) is 0. The molecule has 0 fully saturated rings. The average Bonchev–Trinajstić information content (AvgIpc) is 2.31. The molecule has 0 aliphatic rings. The summed E-state index contributed by atoms with van der Waals surface area (Å²) >= 11 is 0. The molecule has 0 atom stereocenters. The van der Waals surface area contributed by atoms with E-state index in [-0.39, 0.29) is 0 Å². The van der Waals surface area contributed by atoms with Crippen LogP contribution in [0.1, 0.15) is 44.2 Å². The summed E-state index contributed by atoms with van der Waals surface area (Å²) in [5, 5.41) is 0. The first-order valence-electron chi connectivity index (χ1n) is 6.03. The third-order valence-electron chi connectivity index (χ3n) is 2.54. The standard InChI is InChI=1S/C15H21N/c1-4-6-7-12-16-15(5-2)14-10-8-13(3)9-11-14/h5,8-12H,4,6-7H2,1-3H3/b15-5-,16-12?. The number of aryl methyl sites for hydroxylation is 1. The van der Waals surface area contributed by atoms with Crippen LogP contribution >= 0.6 is 0 Å². The van der Waals surface area contributed by atoms with Crippen molar-refractivity contribution in [1.82, 2.24) is 0 Å². The molecule has 0 aliphatic heterocycles. The monoisotopic (exact) mass is 215 g/mol. The molecule has 0 saturated carbocycles. The summed E-state index contributed by atoms with van der Waals surface area (Å²) in [5.41, 5.74) is 3.55.